The molecule has 2 nitrogen and oxygen atoms in total. The molecule has 0 amide bonds. The summed E-state index contributed by atoms with van der Waals surface area (Å²) in [6.45, 7) is 12.0. The van der Waals surface area contributed by atoms with Crippen molar-refractivity contribution in [2.75, 3.05) is 0 Å². The fourth-order valence-electron chi connectivity index (χ4n) is 1.36. The quantitative estimate of drug-likeness (QED) is 0.812. The number of rotatable bonds is 7. The molecule has 1 atom stereocenters. The molecule has 1 N–H and O–H groups in total. The zero-order valence-corrected chi connectivity index (χ0v) is 13.2. The van der Waals surface area contributed by atoms with Gasteiger partial charge in [0.05, 0.1) is 5.69 Å². The molecule has 0 aromatic carbocycles. The van der Waals surface area contributed by atoms with Gasteiger partial charge in [0, 0.05) is 23.2 Å². The van der Waals surface area contributed by atoms with Gasteiger partial charge in [-0.2, -0.15) is 11.8 Å². The summed E-state index contributed by atoms with van der Waals surface area (Å²) in [6.07, 6.45) is 1.17. The second-order valence-electron chi connectivity index (χ2n) is 4.67. The van der Waals surface area contributed by atoms with Crippen LogP contribution in [0.4, 0.5) is 0 Å². The van der Waals surface area contributed by atoms with E-state index in [1.807, 2.05) is 23.1 Å². The minimum atomic E-state index is 0.588. The van der Waals surface area contributed by atoms with Gasteiger partial charge in [0.1, 0.15) is 5.01 Å². The maximum absolute atomic E-state index is 4.64. The van der Waals surface area contributed by atoms with Crippen LogP contribution in [0.2, 0.25) is 0 Å². The van der Waals surface area contributed by atoms with Gasteiger partial charge in [-0.15, -0.1) is 11.3 Å². The lowest BCUT2D eigenvalue weighted by Gasteiger charge is -2.09. The van der Waals surface area contributed by atoms with Crippen LogP contribution in [0.1, 0.15) is 49.7 Å². The average Bonchev–Trinajstić information content (AvgIpc) is 2.64. The van der Waals surface area contributed by atoms with Crippen molar-refractivity contribution in [3.63, 3.8) is 0 Å². The van der Waals surface area contributed by atoms with Gasteiger partial charge in [-0.05, 0) is 25.5 Å². The Labute approximate surface area is 114 Å². The van der Waals surface area contributed by atoms with Crippen LogP contribution in [0.25, 0.3) is 0 Å². The van der Waals surface area contributed by atoms with Crippen LogP contribution < -0.4 is 5.32 Å². The largest absolute Gasteiger partial charge is 0.309 e. The zero-order chi connectivity index (χ0) is 12.8. The highest BCUT2D eigenvalue weighted by atomic mass is 32.2. The molecule has 1 unspecified atom stereocenters. The van der Waals surface area contributed by atoms with Crippen molar-refractivity contribution in [2.24, 2.45) is 0 Å². The fourth-order valence-corrected chi connectivity index (χ4v) is 3.16. The van der Waals surface area contributed by atoms with Crippen LogP contribution in [0, 0.1) is 6.92 Å². The van der Waals surface area contributed by atoms with Gasteiger partial charge < -0.3 is 5.32 Å². The van der Waals surface area contributed by atoms with Crippen LogP contribution in [0.15, 0.2) is 0 Å². The number of hydrogen-bond donors (Lipinski definition) is 1. The van der Waals surface area contributed by atoms with E-state index in [0.29, 0.717) is 11.3 Å². The molecule has 0 bridgehead atoms. The van der Waals surface area contributed by atoms with Crippen molar-refractivity contribution in [3.8, 4) is 0 Å². The minimum absolute atomic E-state index is 0.588. The van der Waals surface area contributed by atoms with Crippen LogP contribution in [-0.4, -0.2) is 16.3 Å². The standard InChI is InChI=1S/C13H24N2S2/c1-6-10(4)14-7-12-11(5)15-13(17-12)8-16-9(2)3/h9-10,14H,6-8H2,1-5H3. The van der Waals surface area contributed by atoms with E-state index in [0.717, 1.165) is 12.3 Å². The monoisotopic (exact) mass is 272 g/mol. The summed E-state index contributed by atoms with van der Waals surface area (Å²) < 4.78 is 0. The zero-order valence-electron chi connectivity index (χ0n) is 11.5. The summed E-state index contributed by atoms with van der Waals surface area (Å²) in [5.41, 5.74) is 1.20. The molecule has 1 rings (SSSR count). The van der Waals surface area contributed by atoms with Gasteiger partial charge in [-0.1, -0.05) is 20.8 Å². The second-order valence-corrected chi connectivity index (χ2v) is 7.40. The van der Waals surface area contributed by atoms with Crippen LogP contribution in [-0.2, 0) is 12.3 Å². The van der Waals surface area contributed by atoms with E-state index >= 15 is 0 Å². The van der Waals surface area contributed by atoms with Crippen molar-refractivity contribution in [3.05, 3.63) is 15.6 Å². The third kappa shape index (κ3) is 5.40. The van der Waals surface area contributed by atoms with E-state index in [4.69, 9.17) is 0 Å². The molecule has 1 aromatic rings. The predicted octanol–water partition coefficient (Wildman–Crippen LogP) is 3.98. The number of aromatic nitrogens is 1. The van der Waals surface area contributed by atoms with Crippen molar-refractivity contribution in [1.29, 1.82) is 0 Å². The Morgan fingerprint density at radius 2 is 2.06 bits per heavy atom. The van der Waals surface area contributed by atoms with Gasteiger partial charge in [0.25, 0.3) is 0 Å². The van der Waals surface area contributed by atoms with Gasteiger partial charge in [0.2, 0.25) is 0 Å². The molecule has 0 fully saturated rings. The average molecular weight is 272 g/mol. The molecule has 0 spiro atoms. The highest BCUT2D eigenvalue weighted by molar-refractivity contribution is 7.99. The van der Waals surface area contributed by atoms with Crippen LogP contribution in [0.5, 0.6) is 0 Å². The Morgan fingerprint density at radius 3 is 2.65 bits per heavy atom. The molecule has 0 saturated heterocycles. The highest BCUT2D eigenvalue weighted by Crippen LogP contribution is 2.24. The van der Waals surface area contributed by atoms with E-state index in [1.54, 1.807) is 0 Å². The molecule has 1 aromatic heterocycles. The Hall–Kier alpha value is -0.0600. The lowest BCUT2D eigenvalue weighted by molar-refractivity contribution is 0.536. The lowest BCUT2D eigenvalue weighted by atomic mass is 10.2. The van der Waals surface area contributed by atoms with Crippen LogP contribution >= 0.6 is 23.1 Å². The van der Waals surface area contributed by atoms with E-state index in [-0.39, 0.29) is 0 Å². The number of nitrogens with one attached hydrogen (secondary N) is 1. The van der Waals surface area contributed by atoms with Crippen LogP contribution in [0.3, 0.4) is 0 Å². The molecular weight excluding hydrogens is 248 g/mol. The summed E-state index contributed by atoms with van der Waals surface area (Å²) in [5, 5.41) is 5.48. The van der Waals surface area contributed by atoms with Gasteiger partial charge in [-0.25, -0.2) is 4.98 Å². The Bertz CT molecular complexity index is 334. The third-order valence-electron chi connectivity index (χ3n) is 2.70. The van der Waals surface area contributed by atoms with Gasteiger partial charge >= 0.3 is 0 Å². The fraction of sp³-hybridized carbons (Fsp3) is 0.769. The first kappa shape index (κ1) is 15.0. The second kappa shape index (κ2) is 7.39. The number of thioether (sulfide) groups is 1. The normalized spacial score (nSPS) is 13.3. The first-order chi connectivity index (χ1) is 8.02. The summed E-state index contributed by atoms with van der Waals surface area (Å²) in [5.74, 6) is 1.05. The number of nitrogens with zero attached hydrogens (tertiary/aromatic N) is 1. The smallest absolute Gasteiger partial charge is 0.103 e. The summed E-state index contributed by atoms with van der Waals surface area (Å²) in [6, 6.07) is 0.588. The molecule has 0 aliphatic rings. The molecule has 98 valence electrons. The topological polar surface area (TPSA) is 24.9 Å². The molecule has 1 heterocycles. The molecule has 0 radical (unpaired) electrons. The predicted molar refractivity (Wildman–Crippen MR) is 79.9 cm³/mol. The molecular formula is C13H24N2S2. The summed E-state index contributed by atoms with van der Waals surface area (Å²) in [4.78, 5) is 6.04. The van der Waals surface area contributed by atoms with E-state index in [9.17, 15) is 0 Å². The summed E-state index contributed by atoms with van der Waals surface area (Å²) in [7, 11) is 0. The van der Waals surface area contributed by atoms with Gasteiger partial charge in [-0.3, -0.25) is 0 Å². The van der Waals surface area contributed by atoms with E-state index in [1.165, 1.54) is 22.0 Å². The number of hydrogen-bond acceptors (Lipinski definition) is 4. The van der Waals surface area contributed by atoms with Crippen molar-refractivity contribution >= 4 is 23.1 Å². The Balaban J connectivity index is 2.50. The number of aryl methyl sites for hydroxylation is 1. The van der Waals surface area contributed by atoms with E-state index < -0.39 is 0 Å². The van der Waals surface area contributed by atoms with Crippen molar-refractivity contribution in [1.82, 2.24) is 10.3 Å². The Kier molecular flexibility index (Phi) is 6.52. The third-order valence-corrected chi connectivity index (χ3v) is 5.15. The lowest BCUT2D eigenvalue weighted by Crippen LogP contribution is -2.24. The van der Waals surface area contributed by atoms with Crippen molar-refractivity contribution in [2.45, 2.75) is 64.6 Å². The molecule has 0 aliphatic heterocycles. The number of thiazole rings is 1. The maximum Gasteiger partial charge on any atom is 0.103 e. The minimum Gasteiger partial charge on any atom is -0.309 e. The molecule has 4 heteroatoms. The van der Waals surface area contributed by atoms with E-state index in [2.05, 4.69) is 44.9 Å². The first-order valence-corrected chi connectivity index (χ1v) is 8.19. The van der Waals surface area contributed by atoms with Gasteiger partial charge in [0.15, 0.2) is 0 Å². The summed E-state index contributed by atoms with van der Waals surface area (Å²) >= 11 is 3.82. The molecule has 17 heavy (non-hydrogen) atoms. The maximum atomic E-state index is 4.64. The SMILES string of the molecule is CCC(C)NCc1sc(CSC(C)C)nc1C. The first-order valence-electron chi connectivity index (χ1n) is 6.33. The molecule has 0 aliphatic carbocycles. The highest BCUT2D eigenvalue weighted by Gasteiger charge is 2.09. The molecule has 0 saturated carbocycles. The Morgan fingerprint density at radius 1 is 1.35 bits per heavy atom. The van der Waals surface area contributed by atoms with Crippen molar-refractivity contribution < 1.29 is 0 Å².